The van der Waals surface area contributed by atoms with Gasteiger partial charge in [-0.1, -0.05) is 24.3 Å². The zero-order valence-electron chi connectivity index (χ0n) is 12.2. The predicted octanol–water partition coefficient (Wildman–Crippen LogP) is 2.23. The molecule has 1 aromatic heterocycles. The number of rotatable bonds is 4. The van der Waals surface area contributed by atoms with Gasteiger partial charge in [-0.05, 0) is 30.2 Å². The van der Waals surface area contributed by atoms with E-state index in [1.54, 1.807) is 0 Å². The number of nitro groups is 1. The zero-order chi connectivity index (χ0) is 15.5. The number of furan rings is 1. The number of hydrogen-bond acceptors (Lipinski definition) is 5. The van der Waals surface area contributed by atoms with E-state index in [2.05, 4.69) is 16.7 Å². The molecule has 0 saturated heterocycles. The highest BCUT2D eigenvalue weighted by Gasteiger charge is 2.21. The fourth-order valence-corrected chi connectivity index (χ4v) is 2.60. The summed E-state index contributed by atoms with van der Waals surface area (Å²) in [7, 11) is 0. The lowest BCUT2D eigenvalue weighted by Gasteiger charge is -2.26. The minimum atomic E-state index is -0.671. The van der Waals surface area contributed by atoms with Gasteiger partial charge in [0, 0.05) is 12.6 Å². The van der Waals surface area contributed by atoms with Crippen LogP contribution in [-0.4, -0.2) is 23.9 Å². The van der Waals surface area contributed by atoms with E-state index in [4.69, 9.17) is 4.42 Å². The molecule has 3 rings (SSSR count). The molecule has 2 N–H and O–H groups in total. The molecule has 1 aromatic carbocycles. The molecule has 1 atom stereocenters. The molecule has 1 amide bonds. The first-order valence-electron chi connectivity index (χ1n) is 6.99. The summed E-state index contributed by atoms with van der Waals surface area (Å²) in [6.07, 6.45) is 0.963. The standard InChI is InChI=1S/C15H15N3O4.ClH/c19-15(13-5-6-14(22-13)18(20)21)17-9-12-11-4-2-1-3-10(11)7-8-16-12;/h1-6,12,16H,7-9H2,(H,17,19);1H. The molecule has 0 aliphatic carbocycles. The SMILES string of the molecule is Cl.O=C(NCC1NCCc2ccccc21)c1ccc([N+](=O)[O-])o1. The second-order valence-electron chi connectivity index (χ2n) is 5.06. The van der Waals surface area contributed by atoms with Gasteiger partial charge < -0.3 is 15.1 Å². The molecule has 23 heavy (non-hydrogen) atoms. The highest BCUT2D eigenvalue weighted by molar-refractivity contribution is 5.91. The Labute approximate surface area is 138 Å². The molecule has 7 nitrogen and oxygen atoms in total. The van der Waals surface area contributed by atoms with Gasteiger partial charge in [0.2, 0.25) is 0 Å². The monoisotopic (exact) mass is 337 g/mol. The van der Waals surface area contributed by atoms with Crippen molar-refractivity contribution in [1.29, 1.82) is 0 Å². The van der Waals surface area contributed by atoms with Crippen molar-refractivity contribution in [3.63, 3.8) is 0 Å². The molecule has 0 bridgehead atoms. The molecule has 1 unspecified atom stereocenters. The number of halogens is 1. The molecule has 0 saturated carbocycles. The average Bonchev–Trinajstić information content (AvgIpc) is 3.03. The van der Waals surface area contributed by atoms with Gasteiger partial charge in [0.1, 0.15) is 4.92 Å². The highest BCUT2D eigenvalue weighted by Crippen LogP contribution is 2.22. The highest BCUT2D eigenvalue weighted by atomic mass is 35.5. The van der Waals surface area contributed by atoms with Gasteiger partial charge in [-0.3, -0.25) is 14.9 Å². The Balaban J connectivity index is 0.00000192. The van der Waals surface area contributed by atoms with Crippen LogP contribution in [0, 0.1) is 10.1 Å². The minimum absolute atomic E-state index is 0. The molecule has 122 valence electrons. The van der Waals surface area contributed by atoms with Crippen LogP contribution in [0.4, 0.5) is 5.88 Å². The third-order valence-corrected chi connectivity index (χ3v) is 3.68. The van der Waals surface area contributed by atoms with Crippen molar-refractivity contribution in [2.45, 2.75) is 12.5 Å². The maximum absolute atomic E-state index is 12.0. The normalized spacial score (nSPS) is 16.1. The fourth-order valence-electron chi connectivity index (χ4n) is 2.60. The average molecular weight is 338 g/mol. The summed E-state index contributed by atoms with van der Waals surface area (Å²) in [6, 6.07) is 10.6. The van der Waals surface area contributed by atoms with Gasteiger partial charge in [-0.15, -0.1) is 12.4 Å². The van der Waals surface area contributed by atoms with Crippen molar-refractivity contribution in [3.05, 3.63) is 63.4 Å². The number of fused-ring (bicyclic) bond motifs is 1. The molecule has 8 heteroatoms. The van der Waals surface area contributed by atoms with Gasteiger partial charge >= 0.3 is 5.88 Å². The number of benzene rings is 1. The van der Waals surface area contributed by atoms with Crippen molar-refractivity contribution in [2.75, 3.05) is 13.1 Å². The fraction of sp³-hybridized carbons (Fsp3) is 0.267. The van der Waals surface area contributed by atoms with Crippen molar-refractivity contribution in [1.82, 2.24) is 10.6 Å². The van der Waals surface area contributed by atoms with Gasteiger partial charge in [0.05, 0.1) is 6.07 Å². The first kappa shape index (κ1) is 17.0. The zero-order valence-corrected chi connectivity index (χ0v) is 13.0. The number of carbonyl (C=O) groups excluding carboxylic acids is 1. The maximum Gasteiger partial charge on any atom is 0.433 e. The molecule has 0 fully saturated rings. The largest absolute Gasteiger partial charge is 0.433 e. The summed E-state index contributed by atoms with van der Waals surface area (Å²) < 4.78 is 4.88. The van der Waals surface area contributed by atoms with Crippen molar-refractivity contribution >= 4 is 24.2 Å². The summed E-state index contributed by atoms with van der Waals surface area (Å²) >= 11 is 0. The van der Waals surface area contributed by atoms with Crippen molar-refractivity contribution in [3.8, 4) is 0 Å². The summed E-state index contributed by atoms with van der Waals surface area (Å²) in [5.41, 5.74) is 2.44. The Kier molecular flexibility index (Phi) is 5.36. The van der Waals surface area contributed by atoms with Crippen LogP contribution in [0.3, 0.4) is 0 Å². The molecular formula is C15H16ClN3O4. The quantitative estimate of drug-likeness (QED) is 0.658. The topological polar surface area (TPSA) is 97.4 Å². The first-order chi connectivity index (χ1) is 10.6. The predicted molar refractivity (Wildman–Crippen MR) is 85.8 cm³/mol. The summed E-state index contributed by atoms with van der Waals surface area (Å²) in [5, 5.41) is 16.6. The molecule has 0 spiro atoms. The van der Waals surface area contributed by atoms with E-state index >= 15 is 0 Å². The minimum Gasteiger partial charge on any atom is -0.395 e. The summed E-state index contributed by atoms with van der Waals surface area (Å²) in [6.45, 7) is 1.24. The van der Waals surface area contributed by atoms with E-state index in [9.17, 15) is 14.9 Å². The van der Waals surface area contributed by atoms with Gasteiger partial charge in [0.15, 0.2) is 5.76 Å². The molecule has 1 aliphatic rings. The lowest BCUT2D eigenvalue weighted by atomic mass is 9.94. The number of hydrogen-bond donors (Lipinski definition) is 2. The van der Waals surface area contributed by atoms with Crippen molar-refractivity contribution in [2.24, 2.45) is 0 Å². The molecule has 0 radical (unpaired) electrons. The Morgan fingerprint density at radius 1 is 1.35 bits per heavy atom. The van der Waals surface area contributed by atoms with Gasteiger partial charge in [0.25, 0.3) is 5.91 Å². The van der Waals surface area contributed by atoms with Crippen LogP contribution < -0.4 is 10.6 Å². The van der Waals surface area contributed by atoms with E-state index in [1.807, 2.05) is 18.2 Å². The van der Waals surface area contributed by atoms with Crippen LogP contribution >= 0.6 is 12.4 Å². The number of carbonyl (C=O) groups is 1. The van der Waals surface area contributed by atoms with E-state index < -0.39 is 16.7 Å². The van der Waals surface area contributed by atoms with Gasteiger partial charge in [-0.2, -0.15) is 0 Å². The number of amides is 1. The second kappa shape index (κ2) is 7.26. The lowest BCUT2D eigenvalue weighted by molar-refractivity contribution is -0.402. The Morgan fingerprint density at radius 2 is 2.13 bits per heavy atom. The third-order valence-electron chi connectivity index (χ3n) is 3.68. The smallest absolute Gasteiger partial charge is 0.395 e. The van der Waals surface area contributed by atoms with E-state index in [-0.39, 0.29) is 24.2 Å². The maximum atomic E-state index is 12.0. The van der Waals surface area contributed by atoms with Crippen LogP contribution in [-0.2, 0) is 6.42 Å². The van der Waals surface area contributed by atoms with Crippen LogP contribution in [0.15, 0.2) is 40.8 Å². The van der Waals surface area contributed by atoms with E-state index in [1.165, 1.54) is 23.3 Å². The van der Waals surface area contributed by atoms with Crippen LogP contribution in [0.25, 0.3) is 0 Å². The van der Waals surface area contributed by atoms with E-state index in [0.717, 1.165) is 13.0 Å². The number of nitrogens with one attached hydrogen (secondary N) is 2. The number of nitrogens with zero attached hydrogens (tertiary/aromatic N) is 1. The first-order valence-corrected chi connectivity index (χ1v) is 6.99. The van der Waals surface area contributed by atoms with Crippen molar-refractivity contribution < 1.29 is 14.1 Å². The molecular weight excluding hydrogens is 322 g/mol. The Bertz CT molecular complexity index is 716. The lowest BCUT2D eigenvalue weighted by Crippen LogP contribution is -2.38. The summed E-state index contributed by atoms with van der Waals surface area (Å²) in [4.78, 5) is 21.9. The third kappa shape index (κ3) is 3.69. The van der Waals surface area contributed by atoms with E-state index in [0.29, 0.717) is 6.54 Å². The molecule has 2 aromatic rings. The summed E-state index contributed by atoms with van der Waals surface area (Å²) in [5.74, 6) is -0.958. The second-order valence-corrected chi connectivity index (χ2v) is 5.06. The Morgan fingerprint density at radius 3 is 2.87 bits per heavy atom. The van der Waals surface area contributed by atoms with Gasteiger partial charge in [-0.25, -0.2) is 0 Å². The van der Waals surface area contributed by atoms with Crippen LogP contribution in [0.1, 0.15) is 27.7 Å². The molecule has 2 heterocycles. The molecule has 1 aliphatic heterocycles. The van der Waals surface area contributed by atoms with Crippen LogP contribution in [0.5, 0.6) is 0 Å². The Hall–Kier alpha value is -2.38. The van der Waals surface area contributed by atoms with Crippen LogP contribution in [0.2, 0.25) is 0 Å².